The third-order valence-corrected chi connectivity index (χ3v) is 14.8. The van der Waals surface area contributed by atoms with E-state index >= 15 is 0 Å². The number of alkyl halides is 3. The average Bonchev–Trinajstić information content (AvgIpc) is 3.29. The molecule has 2 aromatic carbocycles. The number of hydrogen-bond donors (Lipinski definition) is 2. The Labute approximate surface area is 398 Å². The van der Waals surface area contributed by atoms with Crippen LogP contribution >= 0.6 is 0 Å². The lowest BCUT2D eigenvalue weighted by Crippen LogP contribution is -2.60. The molecule has 4 aromatic rings. The lowest BCUT2D eigenvalue weighted by atomic mass is 9.71. The summed E-state index contributed by atoms with van der Waals surface area (Å²) in [6.45, 7) is 10.6. The number of anilines is 2. The van der Waals surface area contributed by atoms with Crippen LogP contribution in [0.1, 0.15) is 66.4 Å². The number of rotatable bonds is 13. The van der Waals surface area contributed by atoms with Gasteiger partial charge in [-0.1, -0.05) is 6.07 Å². The molecule has 0 saturated carbocycles. The van der Waals surface area contributed by atoms with Crippen molar-refractivity contribution in [1.29, 1.82) is 0 Å². The number of nitrogens with zero attached hydrogens (tertiary/aromatic N) is 7. The highest BCUT2D eigenvalue weighted by Gasteiger charge is 2.45. The Morgan fingerprint density at radius 1 is 0.928 bits per heavy atom. The van der Waals surface area contributed by atoms with Crippen LogP contribution in [-0.2, 0) is 34.5 Å². The van der Waals surface area contributed by atoms with E-state index in [0.717, 1.165) is 142 Å². The molecule has 2 N–H and O–H groups in total. The summed E-state index contributed by atoms with van der Waals surface area (Å²) in [5.41, 5.74) is 5.82. The SMILES string of the molecule is COc1cc(-c2cn(C)c(=O)c3cnc(N4CCC4)cc23)cc(OC)c1CN1CCC(CN2CCC3(CC2)CN(c2ccc(CN(C)C4CCC(=O)NC4=O)c(C=O)c2)C3)CC1.O=C(O)C(F)(F)F. The van der Waals surface area contributed by atoms with Gasteiger partial charge >= 0.3 is 12.1 Å². The van der Waals surface area contributed by atoms with Gasteiger partial charge in [0.05, 0.1) is 31.2 Å². The monoisotopic (exact) mass is 958 g/mol. The summed E-state index contributed by atoms with van der Waals surface area (Å²) >= 11 is 0. The molecule has 0 aliphatic carbocycles. The minimum absolute atomic E-state index is 0.0640. The predicted octanol–water partition coefficient (Wildman–Crippen LogP) is 5.33. The number of imide groups is 1. The van der Waals surface area contributed by atoms with Gasteiger partial charge in [-0.05, 0) is 119 Å². The molecule has 1 atom stereocenters. The van der Waals surface area contributed by atoms with Crippen LogP contribution in [0.2, 0.25) is 0 Å². The maximum atomic E-state index is 13.1. The summed E-state index contributed by atoms with van der Waals surface area (Å²) in [4.78, 5) is 74.6. The Morgan fingerprint density at radius 3 is 2.17 bits per heavy atom. The van der Waals surface area contributed by atoms with E-state index in [1.165, 1.54) is 12.8 Å². The first kappa shape index (κ1) is 49.4. The molecule has 0 radical (unpaired) electrons. The van der Waals surface area contributed by atoms with Crippen molar-refractivity contribution in [2.45, 2.75) is 70.3 Å². The van der Waals surface area contributed by atoms with Crippen molar-refractivity contribution in [3.63, 3.8) is 0 Å². The van der Waals surface area contributed by atoms with E-state index in [2.05, 4.69) is 54.2 Å². The van der Waals surface area contributed by atoms with Crippen molar-refractivity contribution in [1.82, 2.24) is 29.6 Å². The Hall–Kier alpha value is -6.05. The van der Waals surface area contributed by atoms with Gasteiger partial charge in [0, 0.05) is 99.3 Å². The number of methoxy groups -OCH3 is 2. The first-order chi connectivity index (χ1) is 33.0. The van der Waals surface area contributed by atoms with Gasteiger partial charge in [-0.15, -0.1) is 0 Å². The highest BCUT2D eigenvalue weighted by Crippen LogP contribution is 2.44. The van der Waals surface area contributed by atoms with E-state index in [0.29, 0.717) is 41.7 Å². The maximum Gasteiger partial charge on any atom is 0.490 e. The van der Waals surface area contributed by atoms with E-state index in [-0.39, 0.29) is 23.4 Å². The van der Waals surface area contributed by atoms with Crippen LogP contribution in [0.3, 0.4) is 0 Å². The molecule has 2 amide bonds. The number of aldehydes is 1. The number of hydrogen-bond acceptors (Lipinski definition) is 13. The van der Waals surface area contributed by atoms with Crippen LogP contribution in [0.4, 0.5) is 24.7 Å². The summed E-state index contributed by atoms with van der Waals surface area (Å²) in [6, 6.07) is 12.0. The standard InChI is InChI=1S/C48H60N8O6.C2HF3O2/c1-51(41-8-9-45(58)50-46(41)59)26-33-6-7-36(20-35(33)29-57)56-30-48(31-56)12-18-54(19-13-48)25-32-10-16-53(17-11-32)28-40-42(61-3)21-34(22-43(40)62-4)39-27-52(2)47(60)38-24-49-44(23-37(38)39)55-14-5-15-55;3-2(4,5)1(6)7/h6-7,20-24,27,29,32,41H,5,8-19,25-26,28,30-31H2,1-4H3,(H,50,58,59);(H,6,7). The Balaban J connectivity index is 0.000000853. The Kier molecular flexibility index (Phi) is 14.7. The lowest BCUT2D eigenvalue weighted by Gasteiger charge is -2.55. The highest BCUT2D eigenvalue weighted by atomic mass is 19.4. The second-order valence-corrected chi connectivity index (χ2v) is 19.3. The van der Waals surface area contributed by atoms with Gasteiger partial charge in [0.1, 0.15) is 23.6 Å². The Bertz CT molecular complexity index is 2610. The van der Waals surface area contributed by atoms with Gasteiger partial charge in [-0.3, -0.25) is 34.3 Å². The van der Waals surface area contributed by atoms with Crippen LogP contribution in [0, 0.1) is 11.3 Å². The molecule has 1 spiro atoms. The number of amides is 2. The molecule has 1 unspecified atom stereocenters. The summed E-state index contributed by atoms with van der Waals surface area (Å²) < 4.78 is 45.5. The second-order valence-electron chi connectivity index (χ2n) is 19.3. The molecular formula is C50H61F3N8O8. The van der Waals surface area contributed by atoms with Crippen LogP contribution in [0.25, 0.3) is 21.9 Å². The van der Waals surface area contributed by atoms with E-state index in [9.17, 15) is 32.3 Å². The van der Waals surface area contributed by atoms with Gasteiger partial charge < -0.3 is 33.8 Å². The number of piperidine rings is 3. The smallest absolute Gasteiger partial charge is 0.490 e. The van der Waals surface area contributed by atoms with Gasteiger partial charge in [-0.25, -0.2) is 9.78 Å². The number of halogens is 3. The molecule has 0 bridgehead atoms. The fraction of sp³-hybridized carbons (Fsp3) is 0.520. The van der Waals surface area contributed by atoms with Crippen molar-refractivity contribution < 1.29 is 46.9 Å². The minimum Gasteiger partial charge on any atom is -0.496 e. The number of likely N-dealkylation sites (tertiary alicyclic amines) is 2. The molecule has 2 aromatic heterocycles. The van der Waals surface area contributed by atoms with Crippen molar-refractivity contribution in [2.75, 3.05) is 90.0 Å². The number of carbonyl (C=O) groups excluding carboxylic acids is 3. The summed E-state index contributed by atoms with van der Waals surface area (Å²) in [7, 11) is 7.10. The first-order valence-corrected chi connectivity index (χ1v) is 23.6. The zero-order valence-electron chi connectivity index (χ0n) is 39.6. The molecule has 370 valence electrons. The van der Waals surface area contributed by atoms with Crippen molar-refractivity contribution in [3.05, 3.63) is 75.8 Å². The number of likely N-dealkylation sites (N-methyl/N-ethyl adjacent to an activating group) is 1. The molecule has 5 saturated heterocycles. The predicted molar refractivity (Wildman–Crippen MR) is 254 cm³/mol. The van der Waals surface area contributed by atoms with E-state index in [1.807, 2.05) is 30.3 Å². The van der Waals surface area contributed by atoms with E-state index in [1.54, 1.807) is 32.0 Å². The number of aliphatic carboxylic acids is 1. The van der Waals surface area contributed by atoms with Crippen LogP contribution in [0.15, 0.2) is 53.6 Å². The number of pyridine rings is 2. The van der Waals surface area contributed by atoms with E-state index in [4.69, 9.17) is 19.4 Å². The number of aryl methyl sites for hydroxylation is 1. The molecule has 19 heteroatoms. The van der Waals surface area contributed by atoms with Crippen molar-refractivity contribution in [2.24, 2.45) is 18.4 Å². The number of carbonyl (C=O) groups is 4. The molecule has 9 rings (SSSR count). The topological polar surface area (TPSA) is 170 Å². The number of benzene rings is 2. The number of ether oxygens (including phenoxy) is 2. The first-order valence-electron chi connectivity index (χ1n) is 23.6. The Morgan fingerprint density at radius 2 is 1.59 bits per heavy atom. The number of aromatic nitrogens is 2. The zero-order valence-corrected chi connectivity index (χ0v) is 39.6. The normalized spacial score (nSPS) is 20.0. The summed E-state index contributed by atoms with van der Waals surface area (Å²) in [5.74, 6) is -0.105. The lowest BCUT2D eigenvalue weighted by molar-refractivity contribution is -0.192. The third kappa shape index (κ3) is 10.9. The number of carboxylic acid groups (broad SMARTS) is 1. The molecular weight excluding hydrogens is 898 g/mol. The quantitative estimate of drug-likeness (QED) is 0.130. The van der Waals surface area contributed by atoms with Gasteiger partial charge in [0.2, 0.25) is 11.8 Å². The van der Waals surface area contributed by atoms with Crippen molar-refractivity contribution >= 4 is 46.3 Å². The molecule has 7 heterocycles. The fourth-order valence-corrected chi connectivity index (χ4v) is 10.5. The number of carboxylic acids is 1. The van der Waals surface area contributed by atoms with Crippen LogP contribution in [-0.4, -0.2) is 146 Å². The second kappa shape index (κ2) is 20.5. The summed E-state index contributed by atoms with van der Waals surface area (Å²) in [6.07, 6.45) is 6.14. The number of fused-ring (bicyclic) bond motifs is 1. The molecule has 69 heavy (non-hydrogen) atoms. The molecule has 16 nitrogen and oxygen atoms in total. The van der Waals surface area contributed by atoms with Gasteiger partial charge in [0.25, 0.3) is 5.56 Å². The largest absolute Gasteiger partial charge is 0.496 e. The maximum absolute atomic E-state index is 13.1. The van der Waals surface area contributed by atoms with Gasteiger partial charge in [-0.2, -0.15) is 13.2 Å². The fourth-order valence-electron chi connectivity index (χ4n) is 10.5. The minimum atomic E-state index is -5.08. The molecule has 5 aliphatic rings. The highest BCUT2D eigenvalue weighted by molar-refractivity contribution is 6.00. The number of nitrogens with one attached hydrogen (secondary N) is 1. The zero-order chi connectivity index (χ0) is 49.2. The van der Waals surface area contributed by atoms with Gasteiger partial charge in [0.15, 0.2) is 0 Å². The summed E-state index contributed by atoms with van der Waals surface area (Å²) in [5, 5.41) is 11.0. The molecule has 5 aliphatic heterocycles. The third-order valence-electron chi connectivity index (χ3n) is 14.8. The molecule has 5 fully saturated rings. The van der Waals surface area contributed by atoms with E-state index < -0.39 is 12.1 Å². The average molecular weight is 959 g/mol. The van der Waals surface area contributed by atoms with Crippen LogP contribution < -0.4 is 30.1 Å². The van der Waals surface area contributed by atoms with Crippen LogP contribution in [0.5, 0.6) is 11.5 Å². The van der Waals surface area contributed by atoms with Crippen molar-refractivity contribution in [3.8, 4) is 22.6 Å².